The van der Waals surface area contributed by atoms with E-state index < -0.39 is 13.2 Å². The average Bonchev–Trinajstić information content (AvgIpc) is 2.98. The zero-order valence-corrected chi connectivity index (χ0v) is 25.7. The van der Waals surface area contributed by atoms with E-state index in [4.69, 9.17) is 4.74 Å². The van der Waals surface area contributed by atoms with Gasteiger partial charge in [0.15, 0.2) is 11.6 Å². The van der Waals surface area contributed by atoms with E-state index >= 15 is 0 Å². The molecule has 0 fully saturated rings. The van der Waals surface area contributed by atoms with Crippen molar-refractivity contribution in [2.75, 3.05) is 13.2 Å². The van der Waals surface area contributed by atoms with E-state index in [2.05, 4.69) is 13.8 Å². The van der Waals surface area contributed by atoms with Gasteiger partial charge in [-0.25, -0.2) is 0 Å². The fourth-order valence-electron chi connectivity index (χ4n) is 5.49. The SMILES string of the molecule is CCCCCCCCCc1c(CC(=O)CO)cccc1Oc1cccc(CC(=O)CO)c1CCCCCCCCC. The molecule has 0 heterocycles. The number of ether oxygens (including phenoxy) is 1. The summed E-state index contributed by atoms with van der Waals surface area (Å²) in [7, 11) is 0. The first-order valence-electron chi connectivity index (χ1n) is 16.2. The van der Waals surface area contributed by atoms with Crippen molar-refractivity contribution in [1.82, 2.24) is 0 Å². The second-order valence-electron chi connectivity index (χ2n) is 11.4. The molecule has 5 nitrogen and oxygen atoms in total. The Hall–Kier alpha value is -2.50. The predicted octanol–water partition coefficient (Wildman–Crippen LogP) is 8.27. The number of carbonyl (C=O) groups excluding carboxylic acids is 2. The first-order valence-corrected chi connectivity index (χ1v) is 16.2. The number of rotatable bonds is 24. The topological polar surface area (TPSA) is 83.8 Å². The first kappa shape index (κ1) is 34.7. The Kier molecular flexibility index (Phi) is 18.0. The molecule has 0 amide bonds. The lowest BCUT2D eigenvalue weighted by Crippen LogP contribution is -2.11. The lowest BCUT2D eigenvalue weighted by molar-refractivity contribution is -0.121. The molecular formula is C36H54O5. The molecule has 0 bridgehead atoms. The summed E-state index contributed by atoms with van der Waals surface area (Å²) in [5, 5.41) is 18.8. The number of aliphatic hydroxyl groups is 2. The van der Waals surface area contributed by atoms with Gasteiger partial charge in [-0.3, -0.25) is 9.59 Å². The molecule has 0 saturated heterocycles. The molecule has 0 saturated carbocycles. The van der Waals surface area contributed by atoms with Crippen molar-refractivity contribution in [3.63, 3.8) is 0 Å². The number of aliphatic hydroxyl groups excluding tert-OH is 2. The highest BCUT2D eigenvalue weighted by Crippen LogP contribution is 2.34. The molecule has 0 aliphatic heterocycles. The highest BCUT2D eigenvalue weighted by Gasteiger charge is 2.17. The number of carbonyl (C=O) groups is 2. The van der Waals surface area contributed by atoms with Gasteiger partial charge >= 0.3 is 0 Å². The van der Waals surface area contributed by atoms with Gasteiger partial charge in [0.25, 0.3) is 0 Å². The second kappa shape index (κ2) is 21.2. The Bertz CT molecular complexity index is 947. The smallest absolute Gasteiger partial charge is 0.162 e. The van der Waals surface area contributed by atoms with Crippen LogP contribution in [0, 0.1) is 0 Å². The van der Waals surface area contributed by atoms with Gasteiger partial charge in [0.2, 0.25) is 0 Å². The van der Waals surface area contributed by atoms with Crippen LogP contribution in [0.1, 0.15) is 126 Å². The quantitative estimate of drug-likeness (QED) is 0.125. The summed E-state index contributed by atoms with van der Waals surface area (Å²) in [5.74, 6) is 1.08. The molecule has 228 valence electrons. The van der Waals surface area contributed by atoms with Crippen LogP contribution < -0.4 is 4.74 Å². The van der Waals surface area contributed by atoms with Crippen LogP contribution in [0.5, 0.6) is 11.5 Å². The van der Waals surface area contributed by atoms with Gasteiger partial charge in [-0.2, -0.15) is 0 Å². The van der Waals surface area contributed by atoms with Crippen LogP contribution in [0.3, 0.4) is 0 Å². The number of hydrogen-bond acceptors (Lipinski definition) is 5. The molecule has 5 heteroatoms. The van der Waals surface area contributed by atoms with Gasteiger partial charge < -0.3 is 14.9 Å². The third-order valence-electron chi connectivity index (χ3n) is 7.87. The summed E-state index contributed by atoms with van der Waals surface area (Å²) >= 11 is 0. The Morgan fingerprint density at radius 2 is 0.927 bits per heavy atom. The van der Waals surface area contributed by atoms with Crippen LogP contribution in [-0.2, 0) is 35.3 Å². The number of benzene rings is 2. The Morgan fingerprint density at radius 1 is 0.561 bits per heavy atom. The van der Waals surface area contributed by atoms with Gasteiger partial charge in [-0.1, -0.05) is 115 Å². The van der Waals surface area contributed by atoms with E-state index in [0.29, 0.717) is 0 Å². The van der Waals surface area contributed by atoms with Gasteiger partial charge in [0, 0.05) is 12.8 Å². The van der Waals surface area contributed by atoms with Crippen molar-refractivity contribution < 1.29 is 24.5 Å². The fraction of sp³-hybridized carbons (Fsp3) is 0.611. The molecule has 0 radical (unpaired) electrons. The molecule has 0 aliphatic rings. The van der Waals surface area contributed by atoms with Crippen LogP contribution >= 0.6 is 0 Å². The molecule has 2 aromatic carbocycles. The summed E-state index contributed by atoms with van der Waals surface area (Å²) in [5.41, 5.74) is 3.88. The third kappa shape index (κ3) is 13.3. The summed E-state index contributed by atoms with van der Waals surface area (Å²) in [4.78, 5) is 24.4. The molecule has 0 aliphatic carbocycles. The maximum Gasteiger partial charge on any atom is 0.162 e. The van der Waals surface area contributed by atoms with Gasteiger partial charge in [0.05, 0.1) is 0 Å². The summed E-state index contributed by atoms with van der Waals surface area (Å²) < 4.78 is 6.63. The zero-order valence-electron chi connectivity index (χ0n) is 25.7. The number of unbranched alkanes of at least 4 members (excludes halogenated alkanes) is 12. The van der Waals surface area contributed by atoms with Gasteiger partial charge in [-0.15, -0.1) is 0 Å². The van der Waals surface area contributed by atoms with Crippen molar-refractivity contribution in [3.05, 3.63) is 58.7 Å². The molecular weight excluding hydrogens is 512 g/mol. The van der Waals surface area contributed by atoms with Crippen LogP contribution in [0.4, 0.5) is 0 Å². The minimum Gasteiger partial charge on any atom is -0.457 e. The molecule has 2 aromatic rings. The van der Waals surface area contributed by atoms with E-state index in [1.807, 2.05) is 36.4 Å². The van der Waals surface area contributed by atoms with Gasteiger partial charge in [0.1, 0.15) is 24.7 Å². The summed E-state index contributed by atoms with van der Waals surface area (Å²) in [6.07, 6.45) is 18.8. The maximum atomic E-state index is 12.2. The molecule has 2 N–H and O–H groups in total. The zero-order chi connectivity index (χ0) is 29.7. The number of ketones is 2. The minimum atomic E-state index is -0.467. The normalized spacial score (nSPS) is 11.1. The van der Waals surface area contributed by atoms with Crippen molar-refractivity contribution >= 4 is 11.6 Å². The number of hydrogen-bond donors (Lipinski definition) is 2. The van der Waals surface area contributed by atoms with Crippen LogP contribution in [0.25, 0.3) is 0 Å². The van der Waals surface area contributed by atoms with Crippen LogP contribution in [0.15, 0.2) is 36.4 Å². The van der Waals surface area contributed by atoms with Gasteiger partial charge in [-0.05, 0) is 60.1 Å². The Morgan fingerprint density at radius 3 is 1.29 bits per heavy atom. The van der Waals surface area contributed by atoms with Crippen LogP contribution in [-0.4, -0.2) is 35.0 Å². The molecule has 0 aromatic heterocycles. The molecule has 0 unspecified atom stereocenters. The summed E-state index contributed by atoms with van der Waals surface area (Å²) in [6, 6.07) is 11.7. The summed E-state index contributed by atoms with van der Waals surface area (Å²) in [6.45, 7) is 3.52. The first-order chi connectivity index (χ1) is 20.0. The number of Topliss-reactive ketones (excluding diaryl/α,β-unsaturated/α-hetero) is 2. The van der Waals surface area contributed by atoms with Crippen molar-refractivity contribution in [1.29, 1.82) is 0 Å². The minimum absolute atomic E-state index is 0.190. The maximum absolute atomic E-state index is 12.2. The molecule has 41 heavy (non-hydrogen) atoms. The fourth-order valence-corrected chi connectivity index (χ4v) is 5.49. The monoisotopic (exact) mass is 566 g/mol. The van der Waals surface area contributed by atoms with E-state index in [0.717, 1.165) is 72.3 Å². The van der Waals surface area contributed by atoms with Crippen molar-refractivity contribution in [2.45, 2.75) is 129 Å². The largest absolute Gasteiger partial charge is 0.457 e. The highest BCUT2D eigenvalue weighted by atomic mass is 16.5. The Balaban J connectivity index is 2.26. The lowest BCUT2D eigenvalue weighted by atomic mass is 9.95. The van der Waals surface area contributed by atoms with E-state index in [9.17, 15) is 19.8 Å². The molecule has 0 atom stereocenters. The molecule has 0 spiro atoms. The predicted molar refractivity (Wildman–Crippen MR) is 168 cm³/mol. The van der Waals surface area contributed by atoms with Crippen molar-refractivity contribution in [2.24, 2.45) is 0 Å². The average molecular weight is 567 g/mol. The third-order valence-corrected chi connectivity index (χ3v) is 7.87. The molecule has 2 rings (SSSR count). The highest BCUT2D eigenvalue weighted by molar-refractivity contribution is 5.83. The van der Waals surface area contributed by atoms with E-state index in [1.165, 1.54) is 64.2 Å². The standard InChI is InChI=1S/C36H54O5/c1-3-5-7-9-11-13-15-21-33-29(25-31(39)27-37)19-17-23-35(33)41-36-24-18-20-30(26-32(40)28-38)34(36)22-16-14-12-10-8-6-4-2/h17-20,23-24,37-38H,3-16,21-22,25-28H2,1-2H3. The van der Waals surface area contributed by atoms with E-state index in [1.54, 1.807) is 0 Å². The van der Waals surface area contributed by atoms with Crippen LogP contribution in [0.2, 0.25) is 0 Å². The van der Waals surface area contributed by atoms with Crippen molar-refractivity contribution in [3.8, 4) is 11.5 Å². The second-order valence-corrected chi connectivity index (χ2v) is 11.4. The Labute approximate surface area is 248 Å². The lowest BCUT2D eigenvalue weighted by Gasteiger charge is -2.19. The van der Waals surface area contributed by atoms with E-state index in [-0.39, 0.29) is 24.4 Å².